The highest BCUT2D eigenvalue weighted by Crippen LogP contribution is 2.20. The Hall–Kier alpha value is -1.81. The van der Waals surface area contributed by atoms with E-state index in [-0.39, 0.29) is 6.61 Å². The van der Waals surface area contributed by atoms with Crippen LogP contribution in [0.4, 0.5) is 5.82 Å². The molecule has 0 spiro atoms. The molecular weight excluding hydrogens is 202 g/mol. The molecular formula is C12H15N3O. The second-order valence-electron chi connectivity index (χ2n) is 3.77. The van der Waals surface area contributed by atoms with E-state index in [9.17, 15) is 0 Å². The van der Waals surface area contributed by atoms with E-state index in [1.807, 2.05) is 37.3 Å². The molecule has 0 saturated heterocycles. The number of benzene rings is 1. The first-order valence-electron chi connectivity index (χ1n) is 5.22. The predicted octanol–water partition coefficient (Wildman–Crippen LogP) is 1.43. The molecule has 1 aromatic heterocycles. The summed E-state index contributed by atoms with van der Waals surface area (Å²) in [5.41, 5.74) is 8.87. The lowest BCUT2D eigenvalue weighted by molar-refractivity contribution is 0.270. The zero-order valence-corrected chi connectivity index (χ0v) is 9.22. The fourth-order valence-corrected chi connectivity index (χ4v) is 1.57. The molecule has 0 amide bonds. The predicted molar refractivity (Wildman–Crippen MR) is 63.9 cm³/mol. The fraction of sp³-hybridized carbons (Fsp3) is 0.250. The van der Waals surface area contributed by atoms with Crippen molar-refractivity contribution in [1.82, 2.24) is 9.78 Å². The summed E-state index contributed by atoms with van der Waals surface area (Å²) in [6, 6.07) is 9.92. The average Bonchev–Trinajstić information content (AvgIpc) is 2.62. The van der Waals surface area contributed by atoms with Crippen molar-refractivity contribution in [2.24, 2.45) is 0 Å². The minimum absolute atomic E-state index is 0.0409. The van der Waals surface area contributed by atoms with Crippen LogP contribution in [-0.2, 0) is 6.54 Å². The lowest BCUT2D eigenvalue weighted by Gasteiger charge is -1.99. The van der Waals surface area contributed by atoms with E-state index in [4.69, 9.17) is 10.8 Å². The maximum atomic E-state index is 8.84. The molecule has 1 heterocycles. The van der Waals surface area contributed by atoms with E-state index in [1.165, 1.54) is 5.56 Å². The van der Waals surface area contributed by atoms with E-state index >= 15 is 0 Å². The fourth-order valence-electron chi connectivity index (χ4n) is 1.57. The summed E-state index contributed by atoms with van der Waals surface area (Å²) in [6.45, 7) is 2.51. The van der Waals surface area contributed by atoms with Gasteiger partial charge in [-0.05, 0) is 6.92 Å². The molecule has 0 bridgehead atoms. The number of rotatable bonds is 3. The quantitative estimate of drug-likeness (QED) is 0.817. The third-order valence-corrected chi connectivity index (χ3v) is 2.47. The summed E-state index contributed by atoms with van der Waals surface area (Å²) in [5.74, 6) is 0.574. The topological polar surface area (TPSA) is 64.1 Å². The van der Waals surface area contributed by atoms with Gasteiger partial charge in [-0.25, -0.2) is 4.68 Å². The second-order valence-corrected chi connectivity index (χ2v) is 3.77. The summed E-state index contributed by atoms with van der Waals surface area (Å²) in [6.07, 6.45) is 0. The second kappa shape index (κ2) is 4.37. The number of aliphatic hydroxyl groups excluding tert-OH is 1. The van der Waals surface area contributed by atoms with E-state index in [2.05, 4.69) is 5.10 Å². The lowest BCUT2D eigenvalue weighted by Crippen LogP contribution is -2.07. The molecule has 16 heavy (non-hydrogen) atoms. The minimum Gasteiger partial charge on any atom is -0.394 e. The molecule has 0 atom stereocenters. The van der Waals surface area contributed by atoms with E-state index in [0.717, 1.165) is 11.3 Å². The molecule has 2 rings (SSSR count). The minimum atomic E-state index is 0.0409. The molecule has 0 saturated carbocycles. The summed E-state index contributed by atoms with van der Waals surface area (Å²) < 4.78 is 1.61. The monoisotopic (exact) mass is 217 g/mol. The molecule has 2 aromatic rings. The molecule has 0 aliphatic heterocycles. The van der Waals surface area contributed by atoms with Crippen LogP contribution in [-0.4, -0.2) is 21.5 Å². The first-order valence-corrected chi connectivity index (χ1v) is 5.22. The van der Waals surface area contributed by atoms with Gasteiger partial charge in [0.25, 0.3) is 0 Å². The van der Waals surface area contributed by atoms with Crippen LogP contribution in [0, 0.1) is 6.92 Å². The maximum absolute atomic E-state index is 8.84. The molecule has 0 fully saturated rings. The van der Waals surface area contributed by atoms with Gasteiger partial charge in [-0.3, -0.25) is 0 Å². The summed E-state index contributed by atoms with van der Waals surface area (Å²) in [7, 11) is 0. The van der Waals surface area contributed by atoms with Crippen molar-refractivity contribution in [3.05, 3.63) is 35.9 Å². The highest BCUT2D eigenvalue weighted by molar-refractivity contribution is 5.62. The smallest absolute Gasteiger partial charge is 0.122 e. The van der Waals surface area contributed by atoms with Gasteiger partial charge in [0.15, 0.2) is 0 Å². The summed E-state index contributed by atoms with van der Waals surface area (Å²) in [4.78, 5) is 0. The van der Waals surface area contributed by atoms with Crippen LogP contribution in [0.5, 0.6) is 0 Å². The van der Waals surface area contributed by atoms with Gasteiger partial charge in [0, 0.05) is 11.6 Å². The third-order valence-electron chi connectivity index (χ3n) is 2.47. The number of aromatic nitrogens is 2. The number of hydrogen-bond acceptors (Lipinski definition) is 3. The van der Waals surface area contributed by atoms with Gasteiger partial charge in [-0.1, -0.05) is 29.8 Å². The Labute approximate surface area is 94.3 Å². The van der Waals surface area contributed by atoms with E-state index in [0.29, 0.717) is 12.4 Å². The Morgan fingerprint density at radius 1 is 1.31 bits per heavy atom. The molecule has 4 nitrogen and oxygen atoms in total. The standard InChI is InChI=1S/C12H15N3O/c1-9-2-4-10(5-3-9)11-8-12(13)15(14-11)6-7-16/h2-5,8,16H,6-7,13H2,1H3. The van der Waals surface area contributed by atoms with Gasteiger partial charge in [-0.2, -0.15) is 5.10 Å². The molecule has 0 aliphatic rings. The zero-order valence-electron chi connectivity index (χ0n) is 9.22. The van der Waals surface area contributed by atoms with Crippen molar-refractivity contribution in [1.29, 1.82) is 0 Å². The molecule has 3 N–H and O–H groups in total. The Balaban J connectivity index is 2.33. The number of hydrogen-bond donors (Lipinski definition) is 2. The molecule has 0 radical (unpaired) electrons. The van der Waals surface area contributed by atoms with Crippen LogP contribution >= 0.6 is 0 Å². The van der Waals surface area contributed by atoms with Crippen LogP contribution in [0.2, 0.25) is 0 Å². The molecule has 4 heteroatoms. The van der Waals surface area contributed by atoms with Crippen LogP contribution in [0.25, 0.3) is 11.3 Å². The van der Waals surface area contributed by atoms with Crippen LogP contribution in [0.15, 0.2) is 30.3 Å². The highest BCUT2D eigenvalue weighted by Gasteiger charge is 2.06. The maximum Gasteiger partial charge on any atom is 0.122 e. The van der Waals surface area contributed by atoms with Gasteiger partial charge in [-0.15, -0.1) is 0 Å². The third kappa shape index (κ3) is 2.06. The van der Waals surface area contributed by atoms with Crippen molar-refractivity contribution in [2.45, 2.75) is 13.5 Å². The SMILES string of the molecule is Cc1ccc(-c2cc(N)n(CCO)n2)cc1. The van der Waals surface area contributed by atoms with Crippen LogP contribution < -0.4 is 5.73 Å². The Morgan fingerprint density at radius 3 is 2.62 bits per heavy atom. The molecule has 84 valence electrons. The summed E-state index contributed by atoms with van der Waals surface area (Å²) in [5, 5.41) is 13.2. The number of nitrogens with zero attached hydrogens (tertiary/aromatic N) is 2. The molecule has 0 aliphatic carbocycles. The highest BCUT2D eigenvalue weighted by atomic mass is 16.3. The summed E-state index contributed by atoms with van der Waals surface area (Å²) >= 11 is 0. The van der Waals surface area contributed by atoms with Gasteiger partial charge < -0.3 is 10.8 Å². The van der Waals surface area contributed by atoms with Crippen molar-refractivity contribution in [2.75, 3.05) is 12.3 Å². The van der Waals surface area contributed by atoms with Gasteiger partial charge in [0.2, 0.25) is 0 Å². The van der Waals surface area contributed by atoms with Crippen molar-refractivity contribution < 1.29 is 5.11 Å². The normalized spacial score (nSPS) is 10.6. The largest absolute Gasteiger partial charge is 0.394 e. The Kier molecular flexibility index (Phi) is 2.92. The Morgan fingerprint density at radius 2 is 2.00 bits per heavy atom. The van der Waals surface area contributed by atoms with Crippen LogP contribution in [0.3, 0.4) is 0 Å². The Bertz CT molecular complexity index is 474. The first kappa shape index (κ1) is 10.7. The average molecular weight is 217 g/mol. The van der Waals surface area contributed by atoms with Gasteiger partial charge >= 0.3 is 0 Å². The number of aryl methyl sites for hydroxylation is 1. The first-order chi connectivity index (χ1) is 7.70. The van der Waals surface area contributed by atoms with Gasteiger partial charge in [0.05, 0.1) is 18.8 Å². The molecule has 1 aromatic carbocycles. The lowest BCUT2D eigenvalue weighted by atomic mass is 10.1. The van der Waals surface area contributed by atoms with Crippen molar-refractivity contribution in [3.63, 3.8) is 0 Å². The van der Waals surface area contributed by atoms with E-state index in [1.54, 1.807) is 4.68 Å². The van der Waals surface area contributed by atoms with Crippen molar-refractivity contribution in [3.8, 4) is 11.3 Å². The number of nitrogen functional groups attached to an aromatic ring is 1. The number of anilines is 1. The zero-order chi connectivity index (χ0) is 11.5. The number of nitrogens with two attached hydrogens (primary N) is 1. The molecule has 0 unspecified atom stereocenters. The number of aliphatic hydroxyl groups is 1. The van der Waals surface area contributed by atoms with E-state index < -0.39 is 0 Å². The van der Waals surface area contributed by atoms with Crippen LogP contribution in [0.1, 0.15) is 5.56 Å². The van der Waals surface area contributed by atoms with Crippen molar-refractivity contribution >= 4 is 5.82 Å². The van der Waals surface area contributed by atoms with Gasteiger partial charge in [0.1, 0.15) is 5.82 Å².